The van der Waals surface area contributed by atoms with Crippen molar-refractivity contribution in [3.8, 4) is 17.2 Å². The molecule has 1 aliphatic heterocycles. The van der Waals surface area contributed by atoms with Gasteiger partial charge in [0.05, 0.1) is 16.8 Å². The molecule has 7 nitrogen and oxygen atoms in total. The van der Waals surface area contributed by atoms with Crippen LogP contribution in [0.4, 0.5) is 5.13 Å². The van der Waals surface area contributed by atoms with Crippen LogP contribution < -0.4 is 19.1 Å². The van der Waals surface area contributed by atoms with Gasteiger partial charge in [-0.1, -0.05) is 37.3 Å². The molecule has 0 saturated heterocycles. The van der Waals surface area contributed by atoms with E-state index in [4.69, 9.17) is 19.2 Å². The lowest BCUT2D eigenvalue weighted by molar-refractivity contribution is -0.130. The Morgan fingerprint density at radius 2 is 1.76 bits per heavy atom. The third kappa shape index (κ3) is 5.56. The van der Waals surface area contributed by atoms with Crippen LogP contribution in [-0.4, -0.2) is 60.8 Å². The van der Waals surface area contributed by atoms with Crippen molar-refractivity contribution >= 4 is 45.0 Å². The molecule has 1 aromatic heterocycles. The van der Waals surface area contributed by atoms with E-state index in [0.29, 0.717) is 29.8 Å². The number of aromatic nitrogens is 1. The number of nitrogens with zero attached hydrogens (tertiary/aromatic N) is 3. The molecule has 2 atom stereocenters. The number of rotatable bonds is 9. The molecule has 1 aliphatic rings. The highest BCUT2D eigenvalue weighted by Crippen LogP contribution is 2.36. The van der Waals surface area contributed by atoms with Crippen LogP contribution in [0.25, 0.3) is 10.2 Å². The summed E-state index contributed by atoms with van der Waals surface area (Å²) in [6.07, 6.45) is -1.16. The zero-order valence-electron chi connectivity index (χ0n) is 20.0. The van der Waals surface area contributed by atoms with Gasteiger partial charge in [-0.05, 0) is 57.3 Å². The average molecular weight is 506 g/mol. The van der Waals surface area contributed by atoms with E-state index in [2.05, 4.69) is 18.7 Å². The van der Waals surface area contributed by atoms with Gasteiger partial charge in [0.15, 0.2) is 16.6 Å². The van der Waals surface area contributed by atoms with E-state index in [1.807, 2.05) is 56.3 Å². The molecule has 34 heavy (non-hydrogen) atoms. The number of hydrogen-bond acceptors (Lipinski definition) is 7. The minimum absolute atomic E-state index is 0. The summed E-state index contributed by atoms with van der Waals surface area (Å²) < 4.78 is 18.7. The quantitative estimate of drug-likeness (QED) is 0.407. The van der Waals surface area contributed by atoms with Gasteiger partial charge in [-0.25, -0.2) is 4.98 Å². The van der Waals surface area contributed by atoms with Crippen LogP contribution in [-0.2, 0) is 4.79 Å². The van der Waals surface area contributed by atoms with Gasteiger partial charge in [-0.15, -0.1) is 12.4 Å². The lowest BCUT2D eigenvalue weighted by Gasteiger charge is -2.34. The van der Waals surface area contributed by atoms with E-state index >= 15 is 0 Å². The van der Waals surface area contributed by atoms with E-state index < -0.39 is 12.2 Å². The fourth-order valence-electron chi connectivity index (χ4n) is 3.89. The Labute approximate surface area is 211 Å². The number of halogens is 1. The van der Waals surface area contributed by atoms with Gasteiger partial charge in [0, 0.05) is 13.1 Å². The highest BCUT2D eigenvalue weighted by molar-refractivity contribution is 7.22. The molecule has 184 valence electrons. The van der Waals surface area contributed by atoms with E-state index in [1.54, 1.807) is 4.90 Å². The van der Waals surface area contributed by atoms with Gasteiger partial charge < -0.3 is 19.1 Å². The largest absolute Gasteiger partial charge is 0.494 e. The summed E-state index contributed by atoms with van der Waals surface area (Å²) in [7, 11) is 0. The third-order valence-electron chi connectivity index (χ3n) is 5.78. The van der Waals surface area contributed by atoms with E-state index in [-0.39, 0.29) is 18.3 Å². The first kappa shape index (κ1) is 26.1. The minimum atomic E-state index is -0.748. The Morgan fingerprint density at radius 1 is 1.06 bits per heavy atom. The van der Waals surface area contributed by atoms with Crippen LogP contribution in [0.3, 0.4) is 0 Å². The number of amides is 1. The van der Waals surface area contributed by atoms with Crippen LogP contribution in [0.2, 0.25) is 0 Å². The maximum Gasteiger partial charge on any atom is 0.273 e. The van der Waals surface area contributed by atoms with E-state index in [0.717, 1.165) is 35.6 Å². The highest BCUT2D eigenvalue weighted by Gasteiger charge is 2.38. The first-order valence-corrected chi connectivity index (χ1v) is 12.3. The fraction of sp³-hybridized carbons (Fsp3) is 0.440. The summed E-state index contributed by atoms with van der Waals surface area (Å²) in [4.78, 5) is 22.6. The molecule has 4 rings (SSSR count). The monoisotopic (exact) mass is 505 g/mol. The molecule has 0 saturated carbocycles. The molecule has 0 spiro atoms. The number of ether oxygens (including phenoxy) is 3. The van der Waals surface area contributed by atoms with Crippen molar-refractivity contribution in [1.29, 1.82) is 0 Å². The molecular weight excluding hydrogens is 474 g/mol. The van der Waals surface area contributed by atoms with E-state index in [9.17, 15) is 4.79 Å². The lowest BCUT2D eigenvalue weighted by atomic mass is 10.1. The van der Waals surface area contributed by atoms with Crippen molar-refractivity contribution in [3.63, 3.8) is 0 Å². The van der Waals surface area contributed by atoms with Gasteiger partial charge in [0.25, 0.3) is 5.91 Å². The Hall–Kier alpha value is -2.55. The summed E-state index contributed by atoms with van der Waals surface area (Å²) in [6, 6.07) is 13.3. The van der Waals surface area contributed by atoms with Crippen LogP contribution >= 0.6 is 23.7 Å². The summed E-state index contributed by atoms with van der Waals surface area (Å²) >= 11 is 1.49. The first-order chi connectivity index (χ1) is 16.0. The Balaban J connectivity index is 0.00000324. The van der Waals surface area contributed by atoms with Gasteiger partial charge in [-0.2, -0.15) is 0 Å². The SMILES string of the molecule is CCOc1ccc2nc(N(CCN(CC)CC)C(=O)C3Oc4ccccc4OC3C)sc2c1.Cl. The van der Waals surface area contributed by atoms with Crippen molar-refractivity contribution in [3.05, 3.63) is 42.5 Å². The van der Waals surface area contributed by atoms with Gasteiger partial charge in [0.2, 0.25) is 6.10 Å². The van der Waals surface area contributed by atoms with Gasteiger partial charge in [-0.3, -0.25) is 9.69 Å². The normalized spacial score (nSPS) is 16.9. The Morgan fingerprint density at radius 3 is 2.44 bits per heavy atom. The molecule has 2 aromatic carbocycles. The summed E-state index contributed by atoms with van der Waals surface area (Å²) in [5.74, 6) is 1.90. The van der Waals surface area contributed by atoms with Crippen LogP contribution in [0, 0.1) is 0 Å². The number of benzene rings is 2. The molecule has 0 bridgehead atoms. The number of fused-ring (bicyclic) bond motifs is 2. The number of carbonyl (C=O) groups is 1. The Kier molecular flexibility index (Phi) is 8.99. The number of hydrogen-bond donors (Lipinski definition) is 0. The molecule has 2 unspecified atom stereocenters. The second kappa shape index (κ2) is 11.7. The predicted octanol–water partition coefficient (Wildman–Crippen LogP) is 5.02. The van der Waals surface area contributed by atoms with Crippen LogP contribution in [0.5, 0.6) is 17.2 Å². The summed E-state index contributed by atoms with van der Waals surface area (Å²) in [5, 5.41) is 0.658. The number of carbonyl (C=O) groups excluding carboxylic acids is 1. The predicted molar refractivity (Wildman–Crippen MR) is 139 cm³/mol. The molecule has 0 N–H and O–H groups in total. The molecule has 2 heterocycles. The van der Waals surface area contributed by atoms with Gasteiger partial charge >= 0.3 is 0 Å². The van der Waals surface area contributed by atoms with Crippen LogP contribution in [0.1, 0.15) is 27.7 Å². The maximum absolute atomic E-state index is 13.8. The smallest absolute Gasteiger partial charge is 0.273 e. The number of anilines is 1. The number of likely N-dealkylation sites (N-methyl/N-ethyl adjacent to an activating group) is 1. The molecule has 0 aliphatic carbocycles. The molecule has 0 radical (unpaired) electrons. The molecular formula is C25H32ClN3O4S. The number of para-hydroxylation sites is 2. The molecule has 0 fully saturated rings. The molecule has 9 heteroatoms. The maximum atomic E-state index is 13.8. The summed E-state index contributed by atoms with van der Waals surface area (Å²) in [6.45, 7) is 11.8. The van der Waals surface area contributed by atoms with Crippen molar-refractivity contribution in [2.75, 3.05) is 37.7 Å². The summed E-state index contributed by atoms with van der Waals surface area (Å²) in [5.41, 5.74) is 0.846. The third-order valence-corrected chi connectivity index (χ3v) is 6.82. The number of thiazole rings is 1. The lowest BCUT2D eigenvalue weighted by Crippen LogP contribution is -2.52. The van der Waals surface area contributed by atoms with Crippen molar-refractivity contribution in [2.45, 2.75) is 39.9 Å². The Bertz CT molecular complexity index is 1100. The van der Waals surface area contributed by atoms with Crippen molar-refractivity contribution in [1.82, 2.24) is 9.88 Å². The van der Waals surface area contributed by atoms with Crippen LogP contribution in [0.15, 0.2) is 42.5 Å². The standard InChI is InChI=1S/C25H31N3O4S.ClH/c1-5-27(6-2)14-15-28(25-26-19-13-12-18(30-7-3)16-22(19)33-25)24(29)23-17(4)31-20-10-8-9-11-21(20)32-23;/h8-13,16-17,23H,5-7,14-15H2,1-4H3;1H. The second-order valence-electron chi connectivity index (χ2n) is 7.88. The average Bonchev–Trinajstić information content (AvgIpc) is 3.24. The zero-order valence-corrected chi connectivity index (χ0v) is 21.7. The van der Waals surface area contributed by atoms with Gasteiger partial charge in [0.1, 0.15) is 11.9 Å². The topological polar surface area (TPSA) is 64.1 Å². The zero-order chi connectivity index (χ0) is 23.4. The molecule has 1 amide bonds. The van der Waals surface area contributed by atoms with E-state index in [1.165, 1.54) is 11.3 Å². The molecule has 3 aromatic rings. The van der Waals surface area contributed by atoms with Crippen molar-refractivity contribution < 1.29 is 19.0 Å². The first-order valence-electron chi connectivity index (χ1n) is 11.5. The minimum Gasteiger partial charge on any atom is -0.494 e. The van der Waals surface area contributed by atoms with Crippen molar-refractivity contribution in [2.24, 2.45) is 0 Å². The second-order valence-corrected chi connectivity index (χ2v) is 8.89. The fourth-order valence-corrected chi connectivity index (χ4v) is 4.92. The highest BCUT2D eigenvalue weighted by atomic mass is 35.5.